The molecule has 0 fully saturated rings. The van der Waals surface area contributed by atoms with Gasteiger partial charge in [-0.25, -0.2) is 4.79 Å². The summed E-state index contributed by atoms with van der Waals surface area (Å²) in [5.74, 6) is -0.762. The number of benzene rings is 1. The average molecular weight is 326 g/mol. The number of H-pyrrole nitrogens is 2. The largest absolute Gasteiger partial charge is 0.417 e. The van der Waals surface area contributed by atoms with Gasteiger partial charge in [-0.2, -0.15) is 0 Å². The van der Waals surface area contributed by atoms with Crippen LogP contribution in [0.1, 0.15) is 0 Å². The van der Waals surface area contributed by atoms with Crippen LogP contribution in [0.4, 0.5) is 5.69 Å². The SMILES string of the molecule is O=c1[nH]c2c(=O)[nH]c3cc([N+](=O)[O-])c(Br)cc3c2o1. The van der Waals surface area contributed by atoms with E-state index in [2.05, 4.69) is 25.9 Å². The molecule has 0 saturated heterocycles. The van der Waals surface area contributed by atoms with E-state index in [1.165, 1.54) is 12.1 Å². The fourth-order valence-electron chi connectivity index (χ4n) is 1.86. The van der Waals surface area contributed by atoms with Crippen LogP contribution in [-0.4, -0.2) is 14.9 Å². The Morgan fingerprint density at radius 1 is 1.26 bits per heavy atom. The molecular formula is C10H4BrN3O5. The van der Waals surface area contributed by atoms with Gasteiger partial charge in [0.25, 0.3) is 11.2 Å². The van der Waals surface area contributed by atoms with Gasteiger partial charge in [0.05, 0.1) is 14.9 Å². The van der Waals surface area contributed by atoms with Gasteiger partial charge in [-0.05, 0) is 22.0 Å². The fraction of sp³-hybridized carbons (Fsp3) is 0. The van der Waals surface area contributed by atoms with E-state index in [0.717, 1.165) is 0 Å². The lowest BCUT2D eigenvalue weighted by Crippen LogP contribution is -2.07. The Morgan fingerprint density at radius 3 is 2.68 bits per heavy atom. The van der Waals surface area contributed by atoms with E-state index in [1.54, 1.807) is 0 Å². The zero-order valence-electron chi connectivity index (χ0n) is 9.02. The third kappa shape index (κ3) is 1.66. The van der Waals surface area contributed by atoms with Gasteiger partial charge in [0, 0.05) is 11.5 Å². The number of oxazole rings is 1. The Morgan fingerprint density at radius 2 is 2.00 bits per heavy atom. The molecule has 2 heterocycles. The maximum Gasteiger partial charge on any atom is 0.417 e. The number of halogens is 1. The highest BCUT2D eigenvalue weighted by Crippen LogP contribution is 2.31. The van der Waals surface area contributed by atoms with Gasteiger partial charge < -0.3 is 9.40 Å². The molecule has 0 radical (unpaired) electrons. The first kappa shape index (κ1) is 11.7. The van der Waals surface area contributed by atoms with Gasteiger partial charge in [-0.15, -0.1) is 0 Å². The molecule has 3 aromatic rings. The number of nitro benzene ring substituents is 1. The number of nitrogens with zero attached hydrogens (tertiary/aromatic N) is 1. The molecule has 0 unspecified atom stereocenters. The fourth-order valence-corrected chi connectivity index (χ4v) is 2.34. The number of hydrogen-bond acceptors (Lipinski definition) is 5. The van der Waals surface area contributed by atoms with Crippen LogP contribution < -0.4 is 11.3 Å². The summed E-state index contributed by atoms with van der Waals surface area (Å²) in [5, 5.41) is 11.2. The molecule has 2 N–H and O–H groups in total. The van der Waals surface area contributed by atoms with Crippen LogP contribution in [0, 0.1) is 10.1 Å². The first-order chi connectivity index (χ1) is 8.97. The van der Waals surface area contributed by atoms with E-state index in [-0.39, 0.29) is 26.8 Å². The van der Waals surface area contributed by atoms with Gasteiger partial charge in [0.15, 0.2) is 11.1 Å². The minimum Gasteiger partial charge on any atom is -0.407 e. The zero-order chi connectivity index (χ0) is 13.7. The van der Waals surface area contributed by atoms with Gasteiger partial charge in [-0.1, -0.05) is 0 Å². The highest BCUT2D eigenvalue weighted by Gasteiger charge is 2.17. The van der Waals surface area contributed by atoms with Gasteiger partial charge in [0.1, 0.15) is 0 Å². The summed E-state index contributed by atoms with van der Waals surface area (Å²) in [5.41, 5.74) is -0.488. The number of hydrogen-bond donors (Lipinski definition) is 2. The van der Waals surface area contributed by atoms with Crippen molar-refractivity contribution in [2.75, 3.05) is 0 Å². The minimum atomic E-state index is -0.762. The smallest absolute Gasteiger partial charge is 0.407 e. The second-order valence-corrected chi connectivity index (χ2v) is 4.63. The average Bonchev–Trinajstić information content (AvgIpc) is 2.72. The maximum absolute atomic E-state index is 11.7. The molecule has 3 rings (SSSR count). The molecular weight excluding hydrogens is 322 g/mol. The Hall–Kier alpha value is -2.42. The van der Waals surface area contributed by atoms with Gasteiger partial charge >= 0.3 is 5.76 Å². The molecule has 1 aromatic carbocycles. The summed E-state index contributed by atoms with van der Waals surface area (Å²) < 4.78 is 5.12. The van der Waals surface area contributed by atoms with E-state index in [0.29, 0.717) is 5.39 Å². The summed E-state index contributed by atoms with van der Waals surface area (Å²) in [4.78, 5) is 37.8. The van der Waals surface area contributed by atoms with Crippen molar-refractivity contribution in [2.24, 2.45) is 0 Å². The van der Waals surface area contributed by atoms with E-state index < -0.39 is 16.2 Å². The first-order valence-corrected chi connectivity index (χ1v) is 5.79. The first-order valence-electron chi connectivity index (χ1n) is 5.00. The standard InChI is InChI=1S/C10H4BrN3O5/c11-4-1-3-5(2-6(4)14(17)18)12-9(15)7-8(3)19-10(16)13-7/h1-2H,(H,12,15)(H,13,16). The lowest BCUT2D eigenvalue weighted by Gasteiger charge is -2.00. The molecule has 0 aliphatic heterocycles. The second-order valence-electron chi connectivity index (χ2n) is 3.78. The predicted octanol–water partition coefficient (Wildman–Crippen LogP) is 1.63. The lowest BCUT2D eigenvalue weighted by molar-refractivity contribution is -0.385. The van der Waals surface area contributed by atoms with Crippen LogP contribution in [0.2, 0.25) is 0 Å². The number of nitrogens with one attached hydrogen (secondary N) is 2. The van der Waals surface area contributed by atoms with E-state index in [4.69, 9.17) is 4.42 Å². The Balaban J connectivity index is 2.57. The van der Waals surface area contributed by atoms with Crippen LogP contribution in [0.25, 0.3) is 22.0 Å². The quantitative estimate of drug-likeness (QED) is 0.520. The Kier molecular flexibility index (Phi) is 2.32. The number of pyridine rings is 1. The second kappa shape index (κ2) is 3.79. The highest BCUT2D eigenvalue weighted by molar-refractivity contribution is 9.10. The number of fused-ring (bicyclic) bond motifs is 3. The Labute approximate surface area is 111 Å². The summed E-state index contributed by atoms with van der Waals surface area (Å²) >= 11 is 3.07. The molecule has 96 valence electrons. The molecule has 19 heavy (non-hydrogen) atoms. The van der Waals surface area contributed by atoms with Crippen molar-refractivity contribution in [3.8, 4) is 0 Å². The number of nitro groups is 1. The summed E-state index contributed by atoms with van der Waals surface area (Å²) in [7, 11) is 0. The number of aromatic amines is 2. The van der Waals surface area contributed by atoms with Crippen molar-refractivity contribution in [2.45, 2.75) is 0 Å². The minimum absolute atomic E-state index is 0.00162. The highest BCUT2D eigenvalue weighted by atomic mass is 79.9. The van der Waals surface area contributed by atoms with Crippen LogP contribution in [-0.2, 0) is 0 Å². The summed E-state index contributed by atoms with van der Waals surface area (Å²) in [6.07, 6.45) is 0. The lowest BCUT2D eigenvalue weighted by atomic mass is 10.2. The topological polar surface area (TPSA) is 122 Å². The number of aromatic nitrogens is 2. The van der Waals surface area contributed by atoms with Crippen LogP contribution in [0.5, 0.6) is 0 Å². The van der Waals surface area contributed by atoms with Gasteiger partial charge in [-0.3, -0.25) is 19.9 Å². The van der Waals surface area contributed by atoms with Crippen molar-refractivity contribution in [1.29, 1.82) is 0 Å². The van der Waals surface area contributed by atoms with E-state index >= 15 is 0 Å². The Bertz CT molecular complexity index is 951. The summed E-state index contributed by atoms with van der Waals surface area (Å²) in [6.45, 7) is 0. The zero-order valence-corrected chi connectivity index (χ0v) is 10.6. The monoisotopic (exact) mass is 325 g/mol. The van der Waals surface area contributed by atoms with Crippen molar-refractivity contribution in [3.63, 3.8) is 0 Å². The van der Waals surface area contributed by atoms with Crippen LogP contribution in [0.3, 0.4) is 0 Å². The predicted molar refractivity (Wildman–Crippen MR) is 69.3 cm³/mol. The van der Waals surface area contributed by atoms with Crippen molar-refractivity contribution >= 4 is 43.6 Å². The molecule has 2 aromatic heterocycles. The summed E-state index contributed by atoms with van der Waals surface area (Å²) in [6, 6.07) is 2.62. The molecule has 0 bridgehead atoms. The molecule has 0 aliphatic rings. The van der Waals surface area contributed by atoms with Gasteiger partial charge in [0.2, 0.25) is 0 Å². The normalized spacial score (nSPS) is 11.2. The molecule has 0 atom stereocenters. The maximum atomic E-state index is 11.7. The number of rotatable bonds is 1. The van der Waals surface area contributed by atoms with Crippen LogP contribution in [0.15, 0.2) is 30.6 Å². The van der Waals surface area contributed by atoms with Crippen molar-refractivity contribution < 1.29 is 9.34 Å². The molecule has 8 nitrogen and oxygen atoms in total. The van der Waals surface area contributed by atoms with Crippen LogP contribution >= 0.6 is 15.9 Å². The molecule has 0 amide bonds. The van der Waals surface area contributed by atoms with E-state index in [9.17, 15) is 19.7 Å². The molecule has 0 spiro atoms. The van der Waals surface area contributed by atoms with Crippen molar-refractivity contribution in [1.82, 2.24) is 9.97 Å². The van der Waals surface area contributed by atoms with E-state index in [1.807, 2.05) is 0 Å². The molecule has 0 saturated carbocycles. The molecule has 0 aliphatic carbocycles. The molecule has 9 heteroatoms. The third-order valence-electron chi connectivity index (χ3n) is 2.65. The van der Waals surface area contributed by atoms with Crippen molar-refractivity contribution in [3.05, 3.63) is 47.6 Å². The third-order valence-corrected chi connectivity index (χ3v) is 3.29.